The summed E-state index contributed by atoms with van der Waals surface area (Å²) in [5, 5.41) is 9.56. The smallest absolute Gasteiger partial charge is 0.175 e. The highest BCUT2D eigenvalue weighted by molar-refractivity contribution is 5.85. The highest BCUT2D eigenvalue weighted by atomic mass is 16.5. The molecule has 4 aromatic rings. The van der Waals surface area contributed by atoms with Crippen LogP contribution in [0.4, 0.5) is 0 Å². The highest BCUT2D eigenvalue weighted by Crippen LogP contribution is 2.29. The zero-order chi connectivity index (χ0) is 19.6. The topological polar surface area (TPSA) is 61.5 Å². The molecular weight excluding hydrogens is 364 g/mol. The maximum atomic E-state index is 6.11. The molecule has 0 fully saturated rings. The van der Waals surface area contributed by atoms with Crippen LogP contribution in [0.5, 0.6) is 11.5 Å². The number of rotatable bonds is 5. The van der Waals surface area contributed by atoms with E-state index in [4.69, 9.17) is 9.47 Å². The number of hydrogen-bond acceptors (Lipinski definition) is 5. The molecule has 146 valence electrons. The van der Waals surface area contributed by atoms with Crippen LogP contribution < -0.4 is 9.47 Å². The van der Waals surface area contributed by atoms with Crippen LogP contribution in [0.2, 0.25) is 0 Å². The molecular formula is C23H22N4O2. The van der Waals surface area contributed by atoms with Crippen LogP contribution in [0, 0.1) is 0 Å². The summed E-state index contributed by atoms with van der Waals surface area (Å²) in [4.78, 5) is 4.41. The van der Waals surface area contributed by atoms with Gasteiger partial charge >= 0.3 is 0 Å². The molecule has 3 aromatic heterocycles. The molecule has 1 aliphatic carbocycles. The molecule has 0 radical (unpaired) electrons. The number of nitrogens with zero attached hydrogens (tertiary/aromatic N) is 4. The van der Waals surface area contributed by atoms with Crippen LogP contribution in [-0.4, -0.2) is 26.7 Å². The van der Waals surface area contributed by atoms with Gasteiger partial charge in [0.05, 0.1) is 12.6 Å². The molecule has 29 heavy (non-hydrogen) atoms. The predicted molar refractivity (Wildman–Crippen MR) is 112 cm³/mol. The van der Waals surface area contributed by atoms with Crippen molar-refractivity contribution in [2.24, 2.45) is 0 Å². The minimum Gasteiger partial charge on any atom is -0.497 e. The van der Waals surface area contributed by atoms with Crippen molar-refractivity contribution in [3.05, 3.63) is 66.3 Å². The number of fused-ring (bicyclic) bond motifs is 2. The number of hydrogen-bond donors (Lipinski definition) is 0. The summed E-state index contributed by atoms with van der Waals surface area (Å²) in [6, 6.07) is 11.8. The largest absolute Gasteiger partial charge is 0.497 e. The Kier molecular flexibility index (Phi) is 4.60. The Bertz CT molecular complexity index is 1210. The molecule has 0 N–H and O–H groups in total. The summed E-state index contributed by atoms with van der Waals surface area (Å²) in [5.74, 6) is 2.31. The molecule has 0 unspecified atom stereocenters. The summed E-state index contributed by atoms with van der Waals surface area (Å²) in [5.41, 5.74) is 4.31. The maximum absolute atomic E-state index is 6.11. The van der Waals surface area contributed by atoms with Crippen LogP contribution in [0.15, 0.2) is 54.9 Å². The lowest BCUT2D eigenvalue weighted by Gasteiger charge is -2.13. The van der Waals surface area contributed by atoms with Gasteiger partial charge in [-0.25, -0.2) is 0 Å². The first kappa shape index (κ1) is 17.7. The first-order chi connectivity index (χ1) is 14.3. The van der Waals surface area contributed by atoms with Gasteiger partial charge in [-0.3, -0.25) is 9.38 Å². The molecule has 0 bridgehead atoms. The molecule has 0 saturated heterocycles. The number of aromatic nitrogens is 4. The van der Waals surface area contributed by atoms with E-state index in [0.29, 0.717) is 6.61 Å². The highest BCUT2D eigenvalue weighted by Gasteiger charge is 2.12. The lowest BCUT2D eigenvalue weighted by molar-refractivity contribution is 0.298. The van der Waals surface area contributed by atoms with Gasteiger partial charge in [0, 0.05) is 23.8 Å². The molecule has 1 aromatic carbocycles. The van der Waals surface area contributed by atoms with Crippen molar-refractivity contribution in [1.82, 2.24) is 19.6 Å². The van der Waals surface area contributed by atoms with Crippen molar-refractivity contribution in [2.45, 2.75) is 32.3 Å². The molecule has 0 amide bonds. The Hall–Kier alpha value is -3.41. The van der Waals surface area contributed by atoms with Gasteiger partial charge in [-0.2, -0.15) is 0 Å². The number of benzene rings is 1. The maximum Gasteiger partial charge on any atom is 0.175 e. The van der Waals surface area contributed by atoms with Crippen LogP contribution in [0.25, 0.3) is 22.1 Å². The first-order valence-corrected chi connectivity index (χ1v) is 9.90. The summed E-state index contributed by atoms with van der Waals surface area (Å²) >= 11 is 0. The van der Waals surface area contributed by atoms with E-state index in [2.05, 4.69) is 33.5 Å². The Morgan fingerprint density at radius 2 is 2.03 bits per heavy atom. The SMILES string of the molecule is COc1ccc2c(OCc3nnc4ccc(C5=CCCCC5)cn34)ccnc2c1. The number of methoxy groups -OCH3 is 1. The number of pyridine rings is 2. The van der Waals surface area contributed by atoms with Crippen LogP contribution >= 0.6 is 0 Å². The number of allylic oxidation sites excluding steroid dienone is 2. The average Bonchev–Trinajstić information content (AvgIpc) is 3.20. The van der Waals surface area contributed by atoms with Gasteiger partial charge < -0.3 is 9.47 Å². The fourth-order valence-electron chi connectivity index (χ4n) is 3.82. The molecule has 0 saturated carbocycles. The fourth-order valence-corrected chi connectivity index (χ4v) is 3.82. The standard InChI is InChI=1S/C23H22N4O2/c1-28-18-8-9-19-20(13-18)24-12-11-21(19)29-15-23-26-25-22-10-7-17(14-27(22)23)16-5-3-2-4-6-16/h5,7-14H,2-4,6,15H2,1H3. The van der Waals surface area contributed by atoms with Crippen molar-refractivity contribution in [1.29, 1.82) is 0 Å². The van der Waals surface area contributed by atoms with E-state index in [1.54, 1.807) is 13.3 Å². The third-order valence-corrected chi connectivity index (χ3v) is 5.40. The summed E-state index contributed by atoms with van der Waals surface area (Å²) in [7, 11) is 1.65. The van der Waals surface area contributed by atoms with Crippen LogP contribution in [-0.2, 0) is 6.61 Å². The van der Waals surface area contributed by atoms with E-state index >= 15 is 0 Å². The Labute approximate surface area is 168 Å². The van der Waals surface area contributed by atoms with E-state index in [0.717, 1.165) is 46.7 Å². The minimum atomic E-state index is 0.328. The summed E-state index contributed by atoms with van der Waals surface area (Å²) < 4.78 is 13.4. The van der Waals surface area contributed by atoms with Crippen molar-refractivity contribution in [2.75, 3.05) is 7.11 Å². The lowest BCUT2D eigenvalue weighted by atomic mass is 9.95. The van der Waals surface area contributed by atoms with E-state index in [1.807, 2.05) is 34.7 Å². The molecule has 5 rings (SSSR count). The normalized spacial score (nSPS) is 14.2. The molecule has 0 atom stereocenters. The minimum absolute atomic E-state index is 0.328. The summed E-state index contributed by atoms with van der Waals surface area (Å²) in [6.07, 6.45) is 11.0. The van der Waals surface area contributed by atoms with Crippen molar-refractivity contribution in [3.63, 3.8) is 0 Å². The Morgan fingerprint density at radius 3 is 2.90 bits per heavy atom. The molecule has 0 spiro atoms. The second-order valence-corrected chi connectivity index (χ2v) is 7.22. The van der Waals surface area contributed by atoms with E-state index in [1.165, 1.54) is 24.0 Å². The fraction of sp³-hybridized carbons (Fsp3) is 0.261. The van der Waals surface area contributed by atoms with Crippen molar-refractivity contribution in [3.8, 4) is 11.5 Å². The second kappa shape index (κ2) is 7.54. The average molecular weight is 386 g/mol. The quantitative estimate of drug-likeness (QED) is 0.492. The molecule has 1 aliphatic rings. The zero-order valence-corrected chi connectivity index (χ0v) is 16.3. The van der Waals surface area contributed by atoms with Gasteiger partial charge in [-0.1, -0.05) is 6.08 Å². The first-order valence-electron chi connectivity index (χ1n) is 9.90. The van der Waals surface area contributed by atoms with Gasteiger partial charge in [-0.05, 0) is 67.2 Å². The van der Waals surface area contributed by atoms with Crippen LogP contribution in [0.1, 0.15) is 37.1 Å². The van der Waals surface area contributed by atoms with Gasteiger partial charge in [0.1, 0.15) is 18.1 Å². The van der Waals surface area contributed by atoms with Gasteiger partial charge in [0.25, 0.3) is 0 Å². The van der Waals surface area contributed by atoms with Crippen molar-refractivity contribution < 1.29 is 9.47 Å². The van der Waals surface area contributed by atoms with Gasteiger partial charge in [0.15, 0.2) is 11.5 Å². The van der Waals surface area contributed by atoms with E-state index in [-0.39, 0.29) is 0 Å². The zero-order valence-electron chi connectivity index (χ0n) is 16.3. The monoisotopic (exact) mass is 386 g/mol. The molecule has 0 aliphatic heterocycles. The predicted octanol–water partition coefficient (Wildman–Crippen LogP) is 4.82. The van der Waals surface area contributed by atoms with Crippen LogP contribution in [0.3, 0.4) is 0 Å². The molecule has 6 nitrogen and oxygen atoms in total. The molecule has 3 heterocycles. The lowest BCUT2D eigenvalue weighted by Crippen LogP contribution is -2.03. The number of ether oxygens (including phenoxy) is 2. The van der Waals surface area contributed by atoms with Gasteiger partial charge in [-0.15, -0.1) is 10.2 Å². The van der Waals surface area contributed by atoms with E-state index < -0.39 is 0 Å². The van der Waals surface area contributed by atoms with Gasteiger partial charge in [0.2, 0.25) is 0 Å². The Morgan fingerprint density at radius 1 is 1.07 bits per heavy atom. The Balaban J connectivity index is 1.43. The summed E-state index contributed by atoms with van der Waals surface area (Å²) in [6.45, 7) is 0.328. The third-order valence-electron chi connectivity index (χ3n) is 5.40. The molecule has 6 heteroatoms. The van der Waals surface area contributed by atoms with E-state index in [9.17, 15) is 0 Å². The van der Waals surface area contributed by atoms with Crippen molar-refractivity contribution >= 4 is 22.1 Å². The third kappa shape index (κ3) is 3.42. The second-order valence-electron chi connectivity index (χ2n) is 7.22.